The van der Waals surface area contributed by atoms with Gasteiger partial charge in [-0.3, -0.25) is 14.5 Å². The number of hydrogen-bond donors (Lipinski definition) is 1. The highest BCUT2D eigenvalue weighted by Crippen LogP contribution is 2.20. The van der Waals surface area contributed by atoms with E-state index in [-0.39, 0.29) is 24.9 Å². The van der Waals surface area contributed by atoms with Gasteiger partial charge in [0.2, 0.25) is 17.8 Å². The molecule has 1 aliphatic heterocycles. The van der Waals surface area contributed by atoms with E-state index in [1.165, 1.54) is 4.90 Å². The Bertz CT molecular complexity index is 811. The molecule has 1 saturated heterocycles. The molecule has 28 heavy (non-hydrogen) atoms. The third-order valence-corrected chi connectivity index (χ3v) is 4.85. The lowest BCUT2D eigenvalue weighted by Crippen LogP contribution is -2.50. The SMILES string of the molecule is CN(CC(=O)Nc1ccccc1Cl)C(=O)CN1CCN(c2ncccn2)CC1. The predicted molar refractivity (Wildman–Crippen MR) is 108 cm³/mol. The number of nitrogens with zero attached hydrogens (tertiary/aromatic N) is 5. The van der Waals surface area contributed by atoms with Crippen LogP contribution < -0.4 is 10.2 Å². The Morgan fingerprint density at radius 1 is 1.11 bits per heavy atom. The molecule has 3 rings (SSSR count). The molecular weight excluding hydrogens is 380 g/mol. The standard InChI is InChI=1S/C19H23ClN6O2/c1-24(13-17(27)23-16-6-3-2-5-15(16)20)18(28)14-25-9-11-26(12-10-25)19-21-7-4-8-22-19/h2-8H,9-14H2,1H3,(H,23,27). The molecule has 2 amide bonds. The Kier molecular flexibility index (Phi) is 6.78. The van der Waals surface area contributed by atoms with Crippen LogP contribution in [-0.4, -0.2) is 77.9 Å². The summed E-state index contributed by atoms with van der Waals surface area (Å²) in [6.45, 7) is 3.25. The molecule has 2 heterocycles. The van der Waals surface area contributed by atoms with Gasteiger partial charge in [0.25, 0.3) is 0 Å². The Morgan fingerprint density at radius 3 is 2.46 bits per heavy atom. The van der Waals surface area contributed by atoms with E-state index in [2.05, 4.69) is 25.1 Å². The lowest BCUT2D eigenvalue weighted by molar-refractivity contribution is -0.134. The van der Waals surface area contributed by atoms with E-state index in [1.807, 2.05) is 0 Å². The average molecular weight is 403 g/mol. The normalized spacial score (nSPS) is 14.6. The molecule has 1 fully saturated rings. The number of para-hydroxylation sites is 1. The molecule has 0 atom stereocenters. The molecule has 1 aliphatic rings. The van der Waals surface area contributed by atoms with Gasteiger partial charge in [0.05, 0.1) is 23.8 Å². The summed E-state index contributed by atoms with van der Waals surface area (Å²) in [6.07, 6.45) is 3.45. The van der Waals surface area contributed by atoms with Crippen molar-refractivity contribution in [1.29, 1.82) is 0 Å². The summed E-state index contributed by atoms with van der Waals surface area (Å²) < 4.78 is 0. The van der Waals surface area contributed by atoms with Crippen LogP contribution in [0.4, 0.5) is 11.6 Å². The number of nitrogens with one attached hydrogen (secondary N) is 1. The van der Waals surface area contributed by atoms with Crippen LogP contribution in [0.25, 0.3) is 0 Å². The van der Waals surface area contributed by atoms with Crippen molar-refractivity contribution in [2.24, 2.45) is 0 Å². The van der Waals surface area contributed by atoms with E-state index >= 15 is 0 Å². The van der Waals surface area contributed by atoms with Gasteiger partial charge in [-0.05, 0) is 18.2 Å². The fourth-order valence-electron chi connectivity index (χ4n) is 2.93. The highest BCUT2D eigenvalue weighted by atomic mass is 35.5. The minimum Gasteiger partial charge on any atom is -0.338 e. The maximum absolute atomic E-state index is 12.5. The van der Waals surface area contributed by atoms with E-state index in [0.717, 1.165) is 26.2 Å². The van der Waals surface area contributed by atoms with Crippen molar-refractivity contribution in [2.75, 3.05) is 56.5 Å². The van der Waals surface area contributed by atoms with Crippen LogP contribution in [0, 0.1) is 0 Å². The number of benzene rings is 1. The number of rotatable bonds is 6. The Morgan fingerprint density at radius 2 is 1.79 bits per heavy atom. The highest BCUT2D eigenvalue weighted by Gasteiger charge is 2.22. The van der Waals surface area contributed by atoms with Crippen molar-refractivity contribution in [2.45, 2.75) is 0 Å². The van der Waals surface area contributed by atoms with Gasteiger partial charge in [0.15, 0.2) is 0 Å². The quantitative estimate of drug-likeness (QED) is 0.785. The summed E-state index contributed by atoms with van der Waals surface area (Å²) in [7, 11) is 1.63. The summed E-state index contributed by atoms with van der Waals surface area (Å²) in [5.41, 5.74) is 0.536. The van der Waals surface area contributed by atoms with E-state index in [1.54, 1.807) is 49.8 Å². The first-order valence-electron chi connectivity index (χ1n) is 9.05. The number of carbonyl (C=O) groups excluding carboxylic acids is 2. The largest absolute Gasteiger partial charge is 0.338 e. The number of halogens is 1. The number of hydrogen-bond acceptors (Lipinski definition) is 6. The molecule has 0 spiro atoms. The third-order valence-electron chi connectivity index (χ3n) is 4.52. The van der Waals surface area contributed by atoms with Gasteiger partial charge >= 0.3 is 0 Å². The zero-order valence-electron chi connectivity index (χ0n) is 15.7. The van der Waals surface area contributed by atoms with Crippen molar-refractivity contribution in [3.05, 3.63) is 47.7 Å². The lowest BCUT2D eigenvalue weighted by atomic mass is 10.3. The summed E-state index contributed by atoms with van der Waals surface area (Å²) in [6, 6.07) is 8.79. The Hall–Kier alpha value is -2.71. The molecule has 148 valence electrons. The van der Waals surface area contributed by atoms with Crippen LogP contribution >= 0.6 is 11.6 Å². The maximum Gasteiger partial charge on any atom is 0.244 e. The second-order valence-corrected chi connectivity index (χ2v) is 7.00. The monoisotopic (exact) mass is 402 g/mol. The molecule has 0 saturated carbocycles. The molecule has 9 heteroatoms. The number of aromatic nitrogens is 2. The molecule has 0 unspecified atom stereocenters. The van der Waals surface area contributed by atoms with Crippen LogP contribution in [0.5, 0.6) is 0 Å². The first-order valence-corrected chi connectivity index (χ1v) is 9.43. The van der Waals surface area contributed by atoms with Crippen LogP contribution in [0.1, 0.15) is 0 Å². The topological polar surface area (TPSA) is 81.7 Å². The predicted octanol–water partition coefficient (Wildman–Crippen LogP) is 1.35. The first-order chi connectivity index (χ1) is 13.5. The van der Waals surface area contributed by atoms with E-state index in [9.17, 15) is 9.59 Å². The summed E-state index contributed by atoms with van der Waals surface area (Å²) in [5, 5.41) is 3.19. The van der Waals surface area contributed by atoms with Crippen LogP contribution in [0.3, 0.4) is 0 Å². The summed E-state index contributed by atoms with van der Waals surface area (Å²) in [5.74, 6) is 0.329. The molecule has 1 aromatic heterocycles. The molecule has 0 aliphatic carbocycles. The summed E-state index contributed by atoms with van der Waals surface area (Å²) >= 11 is 6.04. The van der Waals surface area contributed by atoms with Gasteiger partial charge in [0, 0.05) is 45.6 Å². The van der Waals surface area contributed by atoms with Gasteiger partial charge in [-0.15, -0.1) is 0 Å². The third kappa shape index (κ3) is 5.40. The smallest absolute Gasteiger partial charge is 0.244 e. The molecule has 1 aromatic carbocycles. The molecule has 0 radical (unpaired) electrons. The molecule has 8 nitrogen and oxygen atoms in total. The van der Waals surface area contributed by atoms with Gasteiger partial charge in [-0.1, -0.05) is 23.7 Å². The second kappa shape index (κ2) is 9.48. The minimum atomic E-state index is -0.282. The van der Waals surface area contributed by atoms with E-state index in [0.29, 0.717) is 16.7 Å². The molecular formula is C19H23ClN6O2. The number of piperazine rings is 1. The number of likely N-dealkylation sites (N-methyl/N-ethyl adjacent to an activating group) is 1. The van der Waals surface area contributed by atoms with Crippen molar-refractivity contribution in [3.8, 4) is 0 Å². The molecule has 0 bridgehead atoms. The molecule has 2 aromatic rings. The van der Waals surface area contributed by atoms with Crippen molar-refractivity contribution >= 4 is 35.1 Å². The van der Waals surface area contributed by atoms with Crippen molar-refractivity contribution in [1.82, 2.24) is 19.8 Å². The number of anilines is 2. The Balaban J connectivity index is 1.43. The first kappa shape index (κ1) is 20.0. The zero-order valence-corrected chi connectivity index (χ0v) is 16.5. The molecule has 1 N–H and O–H groups in total. The van der Waals surface area contributed by atoms with Gasteiger partial charge in [0.1, 0.15) is 0 Å². The summed E-state index contributed by atoms with van der Waals surface area (Å²) in [4.78, 5) is 38.7. The van der Waals surface area contributed by atoms with Gasteiger partial charge in [-0.2, -0.15) is 0 Å². The van der Waals surface area contributed by atoms with Gasteiger partial charge < -0.3 is 15.1 Å². The number of carbonyl (C=O) groups is 2. The van der Waals surface area contributed by atoms with Crippen LogP contribution in [0.2, 0.25) is 5.02 Å². The number of amides is 2. The minimum absolute atomic E-state index is 0.0259. The lowest BCUT2D eigenvalue weighted by Gasteiger charge is -2.34. The average Bonchev–Trinajstić information content (AvgIpc) is 2.71. The highest BCUT2D eigenvalue weighted by molar-refractivity contribution is 6.33. The van der Waals surface area contributed by atoms with Crippen LogP contribution in [-0.2, 0) is 9.59 Å². The van der Waals surface area contributed by atoms with Gasteiger partial charge in [-0.25, -0.2) is 9.97 Å². The Labute approximate surface area is 169 Å². The maximum atomic E-state index is 12.5. The fraction of sp³-hybridized carbons (Fsp3) is 0.368. The second-order valence-electron chi connectivity index (χ2n) is 6.59. The van der Waals surface area contributed by atoms with E-state index < -0.39 is 0 Å². The fourth-order valence-corrected chi connectivity index (χ4v) is 3.11. The van der Waals surface area contributed by atoms with Crippen LogP contribution in [0.15, 0.2) is 42.7 Å². The zero-order chi connectivity index (χ0) is 19.9. The van der Waals surface area contributed by atoms with Crippen molar-refractivity contribution < 1.29 is 9.59 Å². The van der Waals surface area contributed by atoms with E-state index in [4.69, 9.17) is 11.6 Å². The van der Waals surface area contributed by atoms with Crippen molar-refractivity contribution in [3.63, 3.8) is 0 Å².